The van der Waals surface area contributed by atoms with Crippen LogP contribution in [-0.4, -0.2) is 66.8 Å². The van der Waals surface area contributed by atoms with Crippen molar-refractivity contribution < 1.29 is 9.59 Å². The highest BCUT2D eigenvalue weighted by molar-refractivity contribution is 7.21. The molecule has 2 aliphatic heterocycles. The fourth-order valence-electron chi connectivity index (χ4n) is 5.73. The number of hydrogen-bond donors (Lipinski definition) is 2. The van der Waals surface area contributed by atoms with Gasteiger partial charge in [0.2, 0.25) is 0 Å². The molecule has 37 heavy (non-hydrogen) atoms. The Morgan fingerprint density at radius 2 is 1.97 bits per heavy atom. The average Bonchev–Trinajstić information content (AvgIpc) is 3.60. The van der Waals surface area contributed by atoms with Gasteiger partial charge in [-0.1, -0.05) is 0 Å². The highest BCUT2D eigenvalue weighted by Crippen LogP contribution is 2.41. The molecule has 0 spiro atoms. The van der Waals surface area contributed by atoms with Crippen LogP contribution in [0.25, 0.3) is 26.5 Å². The zero-order chi connectivity index (χ0) is 25.7. The molecule has 3 N–H and O–H groups in total. The largest absolute Gasteiger partial charge is 0.365 e. The number of piperidine rings is 2. The maximum Gasteiger partial charge on any atom is 0.253 e. The normalized spacial score (nSPS) is 19.5. The molecule has 11 heteroatoms. The molecule has 0 unspecified atom stereocenters. The van der Waals surface area contributed by atoms with Crippen LogP contribution in [0.2, 0.25) is 0 Å². The molecule has 3 fully saturated rings. The zero-order valence-corrected chi connectivity index (χ0v) is 21.8. The Hall–Kier alpha value is -3.57. The smallest absolute Gasteiger partial charge is 0.253 e. The molecule has 0 radical (unpaired) electrons. The molecule has 6 heterocycles. The number of fused-ring (bicyclic) bond motifs is 4. The van der Waals surface area contributed by atoms with Crippen LogP contribution in [0.4, 0.5) is 0 Å². The molecular formula is C26H30N8O2S. The van der Waals surface area contributed by atoms with E-state index >= 15 is 0 Å². The van der Waals surface area contributed by atoms with E-state index in [9.17, 15) is 9.59 Å². The summed E-state index contributed by atoms with van der Waals surface area (Å²) in [5.41, 5.74) is 9.61. The molecule has 0 aromatic carbocycles. The second kappa shape index (κ2) is 9.38. The van der Waals surface area contributed by atoms with Gasteiger partial charge in [-0.25, -0.2) is 4.52 Å². The van der Waals surface area contributed by atoms with Crippen LogP contribution in [0, 0.1) is 12.8 Å². The third-order valence-electron chi connectivity index (χ3n) is 7.70. The average molecular weight is 519 g/mol. The number of nitrogens with zero attached hydrogens (tertiary/aromatic N) is 6. The fraction of sp³-hybridized carbons (Fsp3) is 0.423. The Morgan fingerprint density at radius 3 is 2.65 bits per heavy atom. The Bertz CT molecular complexity index is 1490. The second-order valence-electron chi connectivity index (χ2n) is 10.1. The summed E-state index contributed by atoms with van der Waals surface area (Å²) in [6, 6.07) is 2.52. The van der Waals surface area contributed by atoms with Gasteiger partial charge in [0.1, 0.15) is 4.83 Å². The summed E-state index contributed by atoms with van der Waals surface area (Å²) in [5, 5.41) is 11.9. The summed E-state index contributed by atoms with van der Waals surface area (Å²) < 4.78 is 3.43. The van der Waals surface area contributed by atoms with Crippen LogP contribution in [0.15, 0.2) is 30.9 Å². The van der Waals surface area contributed by atoms with Gasteiger partial charge >= 0.3 is 0 Å². The van der Waals surface area contributed by atoms with Gasteiger partial charge in [-0.2, -0.15) is 10.2 Å². The van der Waals surface area contributed by atoms with Gasteiger partial charge in [0.25, 0.3) is 11.8 Å². The Morgan fingerprint density at radius 1 is 1.16 bits per heavy atom. The van der Waals surface area contributed by atoms with Gasteiger partial charge < -0.3 is 11.1 Å². The second-order valence-corrected chi connectivity index (χ2v) is 11.1. The third kappa shape index (κ3) is 4.31. The lowest BCUT2D eigenvalue weighted by atomic mass is 9.80. The third-order valence-corrected chi connectivity index (χ3v) is 8.92. The van der Waals surface area contributed by atoms with Gasteiger partial charge in [0.05, 0.1) is 34.1 Å². The number of rotatable bonds is 7. The molecule has 192 valence electrons. The first-order valence-corrected chi connectivity index (χ1v) is 13.5. The summed E-state index contributed by atoms with van der Waals surface area (Å²) in [6.07, 6.45) is 12.0. The van der Waals surface area contributed by atoms with Crippen molar-refractivity contribution in [2.75, 3.05) is 19.6 Å². The van der Waals surface area contributed by atoms with E-state index in [-0.39, 0.29) is 5.91 Å². The van der Waals surface area contributed by atoms with E-state index in [4.69, 9.17) is 5.73 Å². The van der Waals surface area contributed by atoms with Crippen LogP contribution in [0.5, 0.6) is 0 Å². The number of pyridine rings is 1. The summed E-state index contributed by atoms with van der Waals surface area (Å²) in [6.45, 7) is 4.53. The van der Waals surface area contributed by atoms with Crippen LogP contribution in [0.3, 0.4) is 0 Å². The lowest BCUT2D eigenvalue weighted by Crippen LogP contribution is -2.50. The van der Waals surface area contributed by atoms with Gasteiger partial charge in [-0.15, -0.1) is 11.3 Å². The van der Waals surface area contributed by atoms with Gasteiger partial charge in [-0.05, 0) is 44.6 Å². The number of thiazole rings is 1. The maximum absolute atomic E-state index is 13.1. The maximum atomic E-state index is 13.1. The highest BCUT2D eigenvalue weighted by Gasteiger charge is 2.33. The van der Waals surface area contributed by atoms with Crippen molar-refractivity contribution in [2.24, 2.45) is 18.7 Å². The quantitative estimate of drug-likeness (QED) is 0.388. The standard InChI is InChI=1S/C26H30N8O2S/c1-15-20(9-17(10-29-15)25(36)28-7-8-33-13-16-3-5-19(33)6-4-16)22-23(18-11-30-32(2)14-18)37-26-21(24(27)35)12-31-34(22)26/h9-12,14,16,19H,3-8,13H2,1-2H3,(H2,27,35)(H,28,36). The fourth-order valence-corrected chi connectivity index (χ4v) is 6.93. The molecule has 2 amide bonds. The number of carbonyl (C=O) groups excluding carboxylic acids is 2. The van der Waals surface area contributed by atoms with Crippen molar-refractivity contribution in [3.8, 4) is 21.7 Å². The van der Waals surface area contributed by atoms with Gasteiger partial charge in [0, 0.05) is 61.9 Å². The summed E-state index contributed by atoms with van der Waals surface area (Å²) in [7, 11) is 1.85. The molecule has 2 saturated heterocycles. The van der Waals surface area contributed by atoms with E-state index in [1.807, 2.05) is 26.2 Å². The topological polar surface area (TPSA) is 123 Å². The molecule has 3 aliphatic rings. The molecule has 4 aromatic rings. The first kappa shape index (κ1) is 23.8. The zero-order valence-electron chi connectivity index (χ0n) is 21.0. The number of primary amides is 1. The Labute approximate surface area is 218 Å². The minimum atomic E-state index is -0.537. The number of amides is 2. The van der Waals surface area contributed by atoms with E-state index in [1.165, 1.54) is 43.2 Å². The number of carbonyl (C=O) groups is 2. The molecule has 1 aliphatic carbocycles. The molecule has 4 aromatic heterocycles. The van der Waals surface area contributed by atoms with Crippen molar-refractivity contribution in [3.05, 3.63) is 47.7 Å². The SMILES string of the molecule is Cc1ncc(C(=O)NCCN2CC3CCC2CC3)cc1-c1c(-c2cnn(C)c2)sc2c(C(N)=O)cnn12. The van der Waals surface area contributed by atoms with Crippen molar-refractivity contribution in [2.45, 2.75) is 38.6 Å². The van der Waals surface area contributed by atoms with Gasteiger partial charge in [-0.3, -0.25) is 24.2 Å². The number of aromatic nitrogens is 5. The number of nitrogens with one attached hydrogen (secondary N) is 1. The number of aryl methyl sites for hydroxylation is 2. The number of hydrogen-bond acceptors (Lipinski definition) is 7. The lowest BCUT2D eigenvalue weighted by molar-refractivity contribution is 0.0494. The lowest BCUT2D eigenvalue weighted by Gasteiger charge is -2.45. The molecule has 0 atom stereocenters. The van der Waals surface area contributed by atoms with E-state index in [0.29, 0.717) is 28.5 Å². The van der Waals surface area contributed by atoms with E-state index < -0.39 is 5.91 Å². The van der Waals surface area contributed by atoms with Gasteiger partial charge in [0.15, 0.2) is 0 Å². The summed E-state index contributed by atoms with van der Waals surface area (Å²) in [5.74, 6) is 0.132. The minimum absolute atomic E-state index is 0.149. The van der Waals surface area contributed by atoms with Crippen LogP contribution in [0.1, 0.15) is 52.1 Å². The molecular weight excluding hydrogens is 488 g/mol. The van der Waals surface area contributed by atoms with Crippen molar-refractivity contribution >= 4 is 28.0 Å². The van der Waals surface area contributed by atoms with Crippen LogP contribution >= 0.6 is 11.3 Å². The van der Waals surface area contributed by atoms with E-state index in [2.05, 4.69) is 25.4 Å². The monoisotopic (exact) mass is 518 g/mol. The molecule has 7 rings (SSSR count). The van der Waals surface area contributed by atoms with Crippen molar-refractivity contribution in [1.82, 2.24) is 34.6 Å². The van der Waals surface area contributed by atoms with Crippen molar-refractivity contribution in [3.63, 3.8) is 0 Å². The first-order chi connectivity index (χ1) is 17.9. The van der Waals surface area contributed by atoms with E-state index in [1.54, 1.807) is 21.6 Å². The van der Waals surface area contributed by atoms with E-state index in [0.717, 1.165) is 46.4 Å². The number of nitrogens with two attached hydrogens (primary N) is 1. The van der Waals surface area contributed by atoms with Crippen LogP contribution in [-0.2, 0) is 7.05 Å². The molecule has 2 bridgehead atoms. The molecule has 10 nitrogen and oxygen atoms in total. The Balaban J connectivity index is 1.30. The first-order valence-electron chi connectivity index (χ1n) is 12.7. The Kier molecular flexibility index (Phi) is 6.04. The minimum Gasteiger partial charge on any atom is -0.365 e. The predicted molar refractivity (Wildman–Crippen MR) is 141 cm³/mol. The summed E-state index contributed by atoms with van der Waals surface area (Å²) >= 11 is 1.42. The molecule has 1 saturated carbocycles. The predicted octanol–water partition coefficient (Wildman–Crippen LogP) is 2.87. The highest BCUT2D eigenvalue weighted by atomic mass is 32.1. The van der Waals surface area contributed by atoms with Crippen molar-refractivity contribution in [1.29, 1.82) is 0 Å². The summed E-state index contributed by atoms with van der Waals surface area (Å²) in [4.78, 5) is 33.8. The van der Waals surface area contributed by atoms with Crippen LogP contribution < -0.4 is 11.1 Å².